The number of hydrogen-bond donors (Lipinski definition) is 1. The van der Waals surface area contributed by atoms with Gasteiger partial charge in [-0.05, 0) is 30.7 Å². The highest BCUT2D eigenvalue weighted by Crippen LogP contribution is 2.32. The summed E-state index contributed by atoms with van der Waals surface area (Å²) in [6.45, 7) is 0.818. The van der Waals surface area contributed by atoms with E-state index in [2.05, 4.69) is 10.2 Å². The van der Waals surface area contributed by atoms with Crippen molar-refractivity contribution in [2.45, 2.75) is 19.2 Å². The van der Waals surface area contributed by atoms with Gasteiger partial charge in [0.05, 0.1) is 0 Å². The van der Waals surface area contributed by atoms with Crippen LogP contribution in [-0.2, 0) is 0 Å². The maximum absolute atomic E-state index is 12.6. The SMILES string of the molecule is C[C@H](Oc1nnc(C(=O)O)cc1-c1ccc(Cl)cc1)C(F)(F)F. The summed E-state index contributed by atoms with van der Waals surface area (Å²) in [6.07, 6.45) is -6.72. The average molecular weight is 347 g/mol. The average Bonchev–Trinajstić information content (AvgIpc) is 2.47. The standard InChI is InChI=1S/C14H10ClF3N2O3/c1-7(14(16,17)18)23-12-10(6-11(13(21)22)19-20-12)8-2-4-9(15)5-3-8/h2-7H,1H3,(H,21,22)/t7-/m0/s1. The zero-order chi connectivity index (χ0) is 17.2. The Morgan fingerprint density at radius 3 is 2.39 bits per heavy atom. The van der Waals surface area contributed by atoms with Gasteiger partial charge >= 0.3 is 12.1 Å². The first-order chi connectivity index (χ1) is 10.7. The fraction of sp³-hybridized carbons (Fsp3) is 0.214. The molecule has 1 atom stereocenters. The Morgan fingerprint density at radius 2 is 1.87 bits per heavy atom. The van der Waals surface area contributed by atoms with Gasteiger partial charge in [0.25, 0.3) is 0 Å². The van der Waals surface area contributed by atoms with E-state index in [1.54, 1.807) is 0 Å². The van der Waals surface area contributed by atoms with E-state index >= 15 is 0 Å². The molecule has 122 valence electrons. The molecule has 1 aromatic heterocycles. The number of aromatic carboxylic acids is 1. The Hall–Kier alpha value is -2.35. The normalized spacial score (nSPS) is 12.7. The van der Waals surface area contributed by atoms with Gasteiger partial charge in [0.1, 0.15) is 0 Å². The van der Waals surface area contributed by atoms with Crippen LogP contribution in [0.5, 0.6) is 5.88 Å². The van der Waals surface area contributed by atoms with Crippen LogP contribution in [0, 0.1) is 0 Å². The molecule has 2 aromatic rings. The Morgan fingerprint density at radius 1 is 1.26 bits per heavy atom. The molecular formula is C14H10ClF3N2O3. The topological polar surface area (TPSA) is 72.3 Å². The fourth-order valence-electron chi connectivity index (χ4n) is 1.64. The minimum atomic E-state index is -4.59. The van der Waals surface area contributed by atoms with Crippen molar-refractivity contribution in [1.29, 1.82) is 0 Å². The molecule has 0 fully saturated rings. The molecule has 0 aliphatic rings. The lowest BCUT2D eigenvalue weighted by Gasteiger charge is -2.18. The van der Waals surface area contributed by atoms with Gasteiger partial charge in [-0.1, -0.05) is 23.7 Å². The molecule has 1 heterocycles. The van der Waals surface area contributed by atoms with Crippen LogP contribution in [0.1, 0.15) is 17.4 Å². The third-order valence-electron chi connectivity index (χ3n) is 2.88. The van der Waals surface area contributed by atoms with Gasteiger partial charge in [-0.2, -0.15) is 13.2 Å². The summed E-state index contributed by atoms with van der Waals surface area (Å²) in [4.78, 5) is 11.0. The second-order valence-corrected chi connectivity index (χ2v) is 5.00. The van der Waals surface area contributed by atoms with Crippen LogP contribution in [0.3, 0.4) is 0 Å². The number of nitrogens with zero attached hydrogens (tertiary/aromatic N) is 2. The van der Waals surface area contributed by atoms with Crippen molar-refractivity contribution in [2.24, 2.45) is 0 Å². The van der Waals surface area contributed by atoms with Gasteiger partial charge in [-0.25, -0.2) is 4.79 Å². The van der Waals surface area contributed by atoms with Crippen LogP contribution in [0.4, 0.5) is 13.2 Å². The molecule has 0 radical (unpaired) electrons. The fourth-order valence-corrected chi connectivity index (χ4v) is 1.77. The van der Waals surface area contributed by atoms with Crippen LogP contribution in [0.2, 0.25) is 5.02 Å². The minimum Gasteiger partial charge on any atom is -0.476 e. The molecular weight excluding hydrogens is 337 g/mol. The van der Waals surface area contributed by atoms with Crippen molar-refractivity contribution in [3.05, 3.63) is 41.0 Å². The predicted molar refractivity (Wildman–Crippen MR) is 75.6 cm³/mol. The van der Waals surface area contributed by atoms with Crippen molar-refractivity contribution >= 4 is 17.6 Å². The highest BCUT2D eigenvalue weighted by Gasteiger charge is 2.39. The number of carboxylic acids is 1. The van der Waals surface area contributed by atoms with Gasteiger partial charge in [0, 0.05) is 10.6 Å². The smallest absolute Gasteiger partial charge is 0.425 e. The number of carboxylic acid groups (broad SMARTS) is 1. The van der Waals surface area contributed by atoms with E-state index in [9.17, 15) is 18.0 Å². The van der Waals surface area contributed by atoms with Crippen LogP contribution in [-0.4, -0.2) is 33.6 Å². The van der Waals surface area contributed by atoms with E-state index in [0.29, 0.717) is 10.6 Å². The molecule has 0 unspecified atom stereocenters. The molecule has 2 rings (SSSR count). The number of alkyl halides is 3. The van der Waals surface area contributed by atoms with E-state index in [0.717, 1.165) is 13.0 Å². The van der Waals surface area contributed by atoms with Crippen LogP contribution in [0.25, 0.3) is 11.1 Å². The highest BCUT2D eigenvalue weighted by atomic mass is 35.5. The minimum absolute atomic E-state index is 0.0742. The zero-order valence-corrected chi connectivity index (χ0v) is 12.4. The van der Waals surface area contributed by atoms with E-state index < -0.39 is 29.8 Å². The second kappa shape index (κ2) is 6.41. The Balaban J connectivity index is 2.49. The highest BCUT2D eigenvalue weighted by molar-refractivity contribution is 6.30. The summed E-state index contributed by atoms with van der Waals surface area (Å²) < 4.78 is 42.7. The number of hydrogen-bond acceptors (Lipinski definition) is 4. The second-order valence-electron chi connectivity index (χ2n) is 4.56. The van der Waals surface area contributed by atoms with Crippen LogP contribution < -0.4 is 4.74 Å². The molecule has 9 heteroatoms. The molecule has 5 nitrogen and oxygen atoms in total. The molecule has 0 aliphatic heterocycles. The number of carbonyl (C=O) groups is 1. The van der Waals surface area contributed by atoms with Gasteiger partial charge < -0.3 is 9.84 Å². The number of ether oxygens (including phenoxy) is 1. The third kappa shape index (κ3) is 4.10. The van der Waals surface area contributed by atoms with Crippen molar-refractivity contribution in [1.82, 2.24) is 10.2 Å². The van der Waals surface area contributed by atoms with Gasteiger partial charge in [-0.3, -0.25) is 0 Å². The zero-order valence-electron chi connectivity index (χ0n) is 11.6. The van der Waals surface area contributed by atoms with E-state index in [1.165, 1.54) is 24.3 Å². The van der Waals surface area contributed by atoms with E-state index in [4.69, 9.17) is 21.4 Å². The molecule has 0 spiro atoms. The van der Waals surface area contributed by atoms with Crippen LogP contribution >= 0.6 is 11.6 Å². The molecule has 23 heavy (non-hydrogen) atoms. The van der Waals surface area contributed by atoms with Gasteiger partial charge in [0.15, 0.2) is 11.8 Å². The molecule has 0 saturated carbocycles. The molecule has 0 aliphatic carbocycles. The maximum atomic E-state index is 12.6. The first-order valence-electron chi connectivity index (χ1n) is 6.29. The summed E-state index contributed by atoms with van der Waals surface area (Å²) >= 11 is 5.76. The molecule has 0 bridgehead atoms. The Labute approximate surface area is 133 Å². The van der Waals surface area contributed by atoms with Crippen LogP contribution in [0.15, 0.2) is 30.3 Å². The number of aromatic nitrogens is 2. The maximum Gasteiger partial charge on any atom is 0.425 e. The predicted octanol–water partition coefficient (Wildman–Crippen LogP) is 3.82. The lowest BCUT2D eigenvalue weighted by molar-refractivity contribution is -0.189. The number of halogens is 4. The summed E-state index contributed by atoms with van der Waals surface area (Å²) in [7, 11) is 0. The van der Waals surface area contributed by atoms with Crippen molar-refractivity contribution in [2.75, 3.05) is 0 Å². The van der Waals surface area contributed by atoms with E-state index in [1.807, 2.05) is 0 Å². The van der Waals surface area contributed by atoms with Crippen molar-refractivity contribution in [3.63, 3.8) is 0 Å². The number of rotatable bonds is 4. The molecule has 1 N–H and O–H groups in total. The lowest BCUT2D eigenvalue weighted by Crippen LogP contribution is -2.31. The largest absolute Gasteiger partial charge is 0.476 e. The monoisotopic (exact) mass is 346 g/mol. The van der Waals surface area contributed by atoms with E-state index in [-0.39, 0.29) is 5.56 Å². The summed E-state index contributed by atoms with van der Waals surface area (Å²) in [5.41, 5.74) is 0.0586. The van der Waals surface area contributed by atoms with Gasteiger partial charge in [-0.15, -0.1) is 10.2 Å². The lowest BCUT2D eigenvalue weighted by atomic mass is 10.1. The Kier molecular flexibility index (Phi) is 4.74. The Bertz CT molecular complexity index is 720. The molecule has 0 saturated heterocycles. The number of benzene rings is 1. The molecule has 1 aromatic carbocycles. The van der Waals surface area contributed by atoms with Crippen molar-refractivity contribution in [3.8, 4) is 17.0 Å². The first kappa shape index (κ1) is 17.0. The summed E-state index contributed by atoms with van der Waals surface area (Å²) in [5.74, 6) is -1.77. The molecule has 0 amide bonds. The third-order valence-corrected chi connectivity index (χ3v) is 3.14. The quantitative estimate of drug-likeness (QED) is 0.911. The van der Waals surface area contributed by atoms with Gasteiger partial charge in [0.2, 0.25) is 5.88 Å². The summed E-state index contributed by atoms with van der Waals surface area (Å²) in [6, 6.07) is 7.13. The van der Waals surface area contributed by atoms with Crippen molar-refractivity contribution < 1.29 is 27.8 Å². The summed E-state index contributed by atoms with van der Waals surface area (Å²) in [5, 5.41) is 16.2. The first-order valence-corrected chi connectivity index (χ1v) is 6.66.